The normalized spacial score (nSPS) is 16.0. The molecule has 0 heterocycles. The zero-order valence-electron chi connectivity index (χ0n) is 9.27. The van der Waals surface area contributed by atoms with Crippen molar-refractivity contribution in [3.05, 3.63) is 24.3 Å². The number of allylic oxidation sites excluding steroid dienone is 1. The maximum atomic E-state index is 9.28. The molecule has 0 aromatic heterocycles. The van der Waals surface area contributed by atoms with Gasteiger partial charge in [-0.25, -0.2) is 4.99 Å². The van der Waals surface area contributed by atoms with E-state index in [0.717, 1.165) is 0 Å². The van der Waals surface area contributed by atoms with Gasteiger partial charge in [-0.15, -0.1) is 0 Å². The maximum absolute atomic E-state index is 9.28. The van der Waals surface area contributed by atoms with Gasteiger partial charge in [0.05, 0.1) is 7.11 Å². The van der Waals surface area contributed by atoms with Crippen molar-refractivity contribution in [3.63, 3.8) is 0 Å². The van der Waals surface area contributed by atoms with Crippen molar-refractivity contribution in [2.75, 3.05) is 14.2 Å². The van der Waals surface area contributed by atoms with E-state index < -0.39 is 12.4 Å². The Hall–Kier alpha value is -1.33. The monoisotopic (exact) mass is 215 g/mol. The Kier molecular flexibility index (Phi) is 6.40. The van der Waals surface area contributed by atoms with E-state index in [2.05, 4.69) is 18.3 Å². The van der Waals surface area contributed by atoms with Gasteiger partial charge in [-0.05, 0) is 19.7 Å². The third kappa shape index (κ3) is 4.14. The number of hydrogen-bond acceptors (Lipinski definition) is 5. The average molecular weight is 215 g/mol. The Labute approximate surface area is 89.7 Å². The highest BCUT2D eigenvalue weighted by Crippen LogP contribution is 2.14. The van der Waals surface area contributed by atoms with Crippen LogP contribution in [-0.4, -0.2) is 38.4 Å². The van der Waals surface area contributed by atoms with Gasteiger partial charge in [-0.3, -0.25) is 0 Å². The second-order valence-corrected chi connectivity index (χ2v) is 2.70. The Balaban J connectivity index is 4.76. The van der Waals surface area contributed by atoms with Gasteiger partial charge in [-0.2, -0.15) is 0 Å². The molecular formula is C10H17NO4. The molecule has 0 spiro atoms. The molecule has 0 aliphatic rings. The van der Waals surface area contributed by atoms with E-state index in [0.29, 0.717) is 5.76 Å². The molecule has 0 fully saturated rings. The maximum Gasteiger partial charge on any atom is 0.258 e. The van der Waals surface area contributed by atoms with Crippen LogP contribution >= 0.6 is 0 Å². The summed E-state index contributed by atoms with van der Waals surface area (Å²) in [5.74, 6) is 0.452. The van der Waals surface area contributed by atoms with Gasteiger partial charge in [-0.1, -0.05) is 6.58 Å². The first-order valence-corrected chi connectivity index (χ1v) is 4.35. The number of aliphatic hydroxyl groups is 1. The van der Waals surface area contributed by atoms with Crippen molar-refractivity contribution >= 4 is 6.72 Å². The number of methoxy groups -OCH3 is 2. The molecule has 0 radical (unpaired) electrons. The number of hydrogen-bond donors (Lipinski definition) is 1. The summed E-state index contributed by atoms with van der Waals surface area (Å²) in [6.07, 6.45) is -0.191. The van der Waals surface area contributed by atoms with Crippen LogP contribution in [0.15, 0.2) is 29.3 Å². The van der Waals surface area contributed by atoms with E-state index in [4.69, 9.17) is 14.2 Å². The summed E-state index contributed by atoms with van der Waals surface area (Å²) < 4.78 is 15.1. The van der Waals surface area contributed by atoms with Crippen LogP contribution in [0.3, 0.4) is 0 Å². The van der Waals surface area contributed by atoms with E-state index in [1.54, 1.807) is 0 Å². The molecule has 0 aromatic carbocycles. The Morgan fingerprint density at radius 3 is 2.33 bits per heavy atom. The van der Waals surface area contributed by atoms with Crippen LogP contribution in [-0.2, 0) is 14.2 Å². The van der Waals surface area contributed by atoms with Crippen LogP contribution in [0.2, 0.25) is 0 Å². The Morgan fingerprint density at radius 2 is 2.07 bits per heavy atom. The van der Waals surface area contributed by atoms with Crippen molar-refractivity contribution in [3.8, 4) is 0 Å². The second kappa shape index (κ2) is 7.03. The van der Waals surface area contributed by atoms with Crippen LogP contribution in [0.4, 0.5) is 0 Å². The van der Waals surface area contributed by atoms with Crippen LogP contribution in [0.25, 0.3) is 0 Å². The van der Waals surface area contributed by atoms with Gasteiger partial charge < -0.3 is 19.3 Å². The van der Waals surface area contributed by atoms with E-state index in [1.807, 2.05) is 0 Å². The van der Waals surface area contributed by atoms with Gasteiger partial charge in [0.2, 0.25) is 6.29 Å². The summed E-state index contributed by atoms with van der Waals surface area (Å²) in [7, 11) is 2.87. The number of nitrogens with zero attached hydrogens (tertiary/aromatic N) is 1. The second-order valence-electron chi connectivity index (χ2n) is 2.70. The smallest absolute Gasteiger partial charge is 0.258 e. The molecule has 86 valence electrons. The first kappa shape index (κ1) is 13.7. The molecular weight excluding hydrogens is 198 g/mol. The molecule has 0 bridgehead atoms. The van der Waals surface area contributed by atoms with Gasteiger partial charge >= 0.3 is 0 Å². The zero-order chi connectivity index (χ0) is 11.8. The predicted octanol–water partition coefficient (Wildman–Crippen LogP) is 1.06. The van der Waals surface area contributed by atoms with Crippen molar-refractivity contribution in [1.82, 2.24) is 0 Å². The molecule has 0 saturated heterocycles. The SMILES string of the molecule is C=C/C(OC)=C(\N=C)OC(OC)C(C)O. The lowest BCUT2D eigenvalue weighted by Crippen LogP contribution is -2.28. The lowest BCUT2D eigenvalue weighted by molar-refractivity contribution is -0.154. The van der Waals surface area contributed by atoms with Gasteiger partial charge in [0.1, 0.15) is 6.10 Å². The van der Waals surface area contributed by atoms with Crippen molar-refractivity contribution in [1.29, 1.82) is 0 Å². The number of aliphatic imine (C=N–C) groups is 1. The molecule has 2 unspecified atom stereocenters. The molecule has 5 nitrogen and oxygen atoms in total. The summed E-state index contributed by atoms with van der Waals surface area (Å²) >= 11 is 0. The quantitative estimate of drug-likeness (QED) is 0.298. The zero-order valence-corrected chi connectivity index (χ0v) is 9.27. The fourth-order valence-electron chi connectivity index (χ4n) is 0.885. The number of rotatable bonds is 7. The van der Waals surface area contributed by atoms with Crippen LogP contribution in [0, 0.1) is 0 Å². The molecule has 0 amide bonds. The standard InChI is InChI=1S/C10H17NO4/c1-6-8(13-4)9(11-3)15-10(14-5)7(2)12/h6-7,10,12H,1,3H2,2,4-5H3/b9-8-. The van der Waals surface area contributed by atoms with Crippen molar-refractivity contribution in [2.24, 2.45) is 4.99 Å². The van der Waals surface area contributed by atoms with Crippen molar-refractivity contribution < 1.29 is 19.3 Å². The molecule has 5 heteroatoms. The summed E-state index contributed by atoms with van der Waals surface area (Å²) in [6.45, 7) is 8.39. The fourth-order valence-corrected chi connectivity index (χ4v) is 0.885. The number of ether oxygens (including phenoxy) is 3. The van der Waals surface area contributed by atoms with E-state index >= 15 is 0 Å². The van der Waals surface area contributed by atoms with Gasteiger partial charge in [0.15, 0.2) is 5.76 Å². The van der Waals surface area contributed by atoms with E-state index in [1.165, 1.54) is 27.2 Å². The summed E-state index contributed by atoms with van der Waals surface area (Å²) in [5.41, 5.74) is 0. The van der Waals surface area contributed by atoms with Crippen LogP contribution < -0.4 is 0 Å². The van der Waals surface area contributed by atoms with E-state index in [-0.39, 0.29) is 5.88 Å². The number of aliphatic hydroxyl groups excluding tert-OH is 1. The molecule has 0 rings (SSSR count). The third-order valence-electron chi connectivity index (χ3n) is 1.61. The summed E-state index contributed by atoms with van der Waals surface area (Å²) in [6, 6.07) is 0. The molecule has 0 aliphatic heterocycles. The minimum Gasteiger partial charge on any atom is -0.491 e. The largest absolute Gasteiger partial charge is 0.491 e. The lowest BCUT2D eigenvalue weighted by Gasteiger charge is -2.20. The topological polar surface area (TPSA) is 60.3 Å². The Bertz CT molecular complexity index is 248. The average Bonchev–Trinajstić information content (AvgIpc) is 2.23. The van der Waals surface area contributed by atoms with Gasteiger partial charge in [0, 0.05) is 7.11 Å². The van der Waals surface area contributed by atoms with Gasteiger partial charge in [0.25, 0.3) is 5.88 Å². The molecule has 1 N–H and O–H groups in total. The molecule has 2 atom stereocenters. The summed E-state index contributed by atoms with van der Waals surface area (Å²) in [4.78, 5) is 3.62. The highest BCUT2D eigenvalue weighted by atomic mass is 16.7. The fraction of sp³-hybridized carbons (Fsp3) is 0.500. The molecule has 15 heavy (non-hydrogen) atoms. The highest BCUT2D eigenvalue weighted by molar-refractivity contribution is 5.29. The van der Waals surface area contributed by atoms with Crippen LogP contribution in [0.5, 0.6) is 0 Å². The molecule has 0 saturated carbocycles. The van der Waals surface area contributed by atoms with E-state index in [9.17, 15) is 5.11 Å². The third-order valence-corrected chi connectivity index (χ3v) is 1.61. The lowest BCUT2D eigenvalue weighted by atomic mass is 10.4. The minimum atomic E-state index is -0.824. The summed E-state index contributed by atoms with van der Waals surface area (Å²) in [5, 5.41) is 9.28. The minimum absolute atomic E-state index is 0.125. The Morgan fingerprint density at radius 1 is 1.47 bits per heavy atom. The highest BCUT2D eigenvalue weighted by Gasteiger charge is 2.18. The molecule has 0 aromatic rings. The van der Waals surface area contributed by atoms with Crippen LogP contribution in [0.1, 0.15) is 6.92 Å². The van der Waals surface area contributed by atoms with Crippen molar-refractivity contribution in [2.45, 2.75) is 19.3 Å². The predicted molar refractivity (Wildman–Crippen MR) is 57.3 cm³/mol. The first-order valence-electron chi connectivity index (χ1n) is 4.35. The molecule has 0 aliphatic carbocycles. The first-order chi connectivity index (χ1) is 7.10.